The van der Waals surface area contributed by atoms with E-state index in [4.69, 9.17) is 16.7 Å². The Kier molecular flexibility index (Phi) is 4.24. The molecule has 0 aliphatic carbocycles. The molecule has 2 rings (SSSR count). The van der Waals surface area contributed by atoms with Crippen LogP contribution in [0, 0.1) is 0 Å². The van der Waals surface area contributed by atoms with Crippen molar-refractivity contribution in [2.45, 2.75) is 0 Å². The van der Waals surface area contributed by atoms with Gasteiger partial charge in [-0.1, -0.05) is 27.5 Å². The minimum Gasteiger partial charge on any atom is -0.478 e. The number of hydrogen-bond donors (Lipinski definition) is 2. The first kappa shape index (κ1) is 14.0. The van der Waals surface area contributed by atoms with Crippen LogP contribution in [0.2, 0.25) is 5.02 Å². The van der Waals surface area contributed by atoms with E-state index in [1.165, 1.54) is 12.1 Å². The van der Waals surface area contributed by atoms with Crippen molar-refractivity contribution in [1.82, 2.24) is 0 Å². The minimum absolute atomic E-state index is 0.0689. The van der Waals surface area contributed by atoms with Gasteiger partial charge < -0.3 is 10.4 Å². The highest BCUT2D eigenvalue weighted by Crippen LogP contribution is 2.25. The van der Waals surface area contributed by atoms with E-state index < -0.39 is 11.9 Å². The normalized spacial score (nSPS) is 10.2. The molecule has 1 heterocycles. The summed E-state index contributed by atoms with van der Waals surface area (Å²) in [6.07, 6.45) is 0. The maximum atomic E-state index is 12.0. The summed E-state index contributed by atoms with van der Waals surface area (Å²) in [5.74, 6) is -1.49. The number of carboxylic acids is 1. The lowest BCUT2D eigenvalue weighted by atomic mass is 10.2. The molecule has 4 nitrogen and oxygen atoms in total. The van der Waals surface area contributed by atoms with E-state index in [1.807, 2.05) is 0 Å². The summed E-state index contributed by atoms with van der Waals surface area (Å²) in [7, 11) is 0. The average molecular weight is 361 g/mol. The van der Waals surface area contributed by atoms with Gasteiger partial charge in [0.2, 0.25) is 0 Å². The van der Waals surface area contributed by atoms with E-state index in [9.17, 15) is 9.59 Å². The second-order valence-electron chi connectivity index (χ2n) is 3.58. The molecule has 0 atom stereocenters. The van der Waals surface area contributed by atoms with Crippen LogP contribution >= 0.6 is 38.9 Å². The van der Waals surface area contributed by atoms with Crippen LogP contribution in [-0.4, -0.2) is 17.0 Å². The quantitative estimate of drug-likeness (QED) is 0.865. The van der Waals surface area contributed by atoms with Crippen LogP contribution < -0.4 is 5.32 Å². The van der Waals surface area contributed by atoms with Gasteiger partial charge in [-0.3, -0.25) is 4.79 Å². The Morgan fingerprint density at radius 2 is 2.05 bits per heavy atom. The molecule has 1 amide bonds. The molecule has 0 radical (unpaired) electrons. The van der Waals surface area contributed by atoms with E-state index >= 15 is 0 Å². The smallest absolute Gasteiger partial charge is 0.338 e. The number of rotatable bonds is 3. The van der Waals surface area contributed by atoms with Crippen molar-refractivity contribution in [1.29, 1.82) is 0 Å². The van der Waals surface area contributed by atoms with Gasteiger partial charge >= 0.3 is 5.97 Å². The number of halogens is 2. The number of thiophene rings is 1. The summed E-state index contributed by atoms with van der Waals surface area (Å²) >= 11 is 10.2. The predicted octanol–water partition coefficient (Wildman–Crippen LogP) is 4.11. The number of benzene rings is 1. The molecule has 0 saturated carbocycles. The molecule has 2 aromatic rings. The Bertz CT molecular complexity index is 636. The van der Waals surface area contributed by atoms with Crippen LogP contribution in [0.5, 0.6) is 0 Å². The highest BCUT2D eigenvalue weighted by atomic mass is 79.9. The lowest BCUT2D eigenvalue weighted by Crippen LogP contribution is -2.13. The third kappa shape index (κ3) is 3.34. The molecule has 0 bridgehead atoms. The van der Waals surface area contributed by atoms with Crippen LogP contribution in [0.25, 0.3) is 0 Å². The van der Waals surface area contributed by atoms with E-state index in [1.54, 1.807) is 17.5 Å². The number of aromatic carboxylic acids is 1. The van der Waals surface area contributed by atoms with Crippen LogP contribution in [0.15, 0.2) is 34.1 Å². The molecule has 7 heteroatoms. The molecule has 1 aromatic carbocycles. The van der Waals surface area contributed by atoms with E-state index in [-0.39, 0.29) is 5.56 Å². The van der Waals surface area contributed by atoms with Crippen molar-refractivity contribution < 1.29 is 14.7 Å². The summed E-state index contributed by atoms with van der Waals surface area (Å²) in [4.78, 5) is 23.0. The first-order valence-corrected chi connectivity index (χ1v) is 7.10. The summed E-state index contributed by atoms with van der Waals surface area (Å²) in [5.41, 5.74) is 0.420. The number of carbonyl (C=O) groups is 2. The van der Waals surface area contributed by atoms with Gasteiger partial charge in [0.1, 0.15) is 5.00 Å². The monoisotopic (exact) mass is 359 g/mol. The number of anilines is 1. The number of carboxylic acid groups (broad SMARTS) is 1. The fourth-order valence-electron chi connectivity index (χ4n) is 1.43. The molecule has 0 spiro atoms. The van der Waals surface area contributed by atoms with Gasteiger partial charge in [-0.05, 0) is 29.6 Å². The number of hydrogen-bond acceptors (Lipinski definition) is 3. The van der Waals surface area contributed by atoms with Crippen LogP contribution in [-0.2, 0) is 0 Å². The van der Waals surface area contributed by atoms with Gasteiger partial charge in [-0.25, -0.2) is 4.79 Å². The molecular weight excluding hydrogens is 354 g/mol. The second-order valence-corrected chi connectivity index (χ2v) is 5.85. The van der Waals surface area contributed by atoms with Crippen LogP contribution in [0.4, 0.5) is 5.00 Å². The fraction of sp³-hybridized carbons (Fsp3) is 0. The van der Waals surface area contributed by atoms with Gasteiger partial charge in [0, 0.05) is 15.1 Å². The first-order chi connectivity index (χ1) is 8.97. The fourth-order valence-corrected chi connectivity index (χ4v) is 3.07. The van der Waals surface area contributed by atoms with Gasteiger partial charge in [0.05, 0.1) is 5.56 Å². The Morgan fingerprint density at radius 3 is 2.68 bits per heavy atom. The molecule has 1 aromatic heterocycles. The van der Waals surface area contributed by atoms with Crippen molar-refractivity contribution >= 4 is 55.7 Å². The van der Waals surface area contributed by atoms with Crippen molar-refractivity contribution in [2.24, 2.45) is 0 Å². The molecule has 0 saturated heterocycles. The van der Waals surface area contributed by atoms with Gasteiger partial charge in [0.15, 0.2) is 0 Å². The summed E-state index contributed by atoms with van der Waals surface area (Å²) in [5, 5.41) is 13.8. The third-order valence-corrected chi connectivity index (χ3v) is 3.75. The van der Waals surface area contributed by atoms with Crippen LogP contribution in [0.1, 0.15) is 20.7 Å². The highest BCUT2D eigenvalue weighted by Gasteiger charge is 2.15. The topological polar surface area (TPSA) is 66.4 Å². The largest absolute Gasteiger partial charge is 0.478 e. The molecule has 0 aliphatic rings. The van der Waals surface area contributed by atoms with E-state index in [0.29, 0.717) is 20.1 Å². The summed E-state index contributed by atoms with van der Waals surface area (Å²) in [6, 6.07) is 6.22. The van der Waals surface area contributed by atoms with E-state index in [0.717, 1.165) is 11.3 Å². The molecule has 98 valence electrons. The molecule has 0 fully saturated rings. The lowest BCUT2D eigenvalue weighted by Gasteiger charge is -2.05. The number of carbonyl (C=O) groups excluding carboxylic acids is 1. The molecular formula is C12H7BrClNO3S. The summed E-state index contributed by atoms with van der Waals surface area (Å²) < 4.78 is 0.676. The minimum atomic E-state index is -1.08. The SMILES string of the molecule is O=C(Nc1sccc1C(=O)O)c1cc(Cl)cc(Br)c1. The zero-order valence-electron chi connectivity index (χ0n) is 9.31. The first-order valence-electron chi connectivity index (χ1n) is 5.05. The maximum absolute atomic E-state index is 12.0. The Morgan fingerprint density at radius 1 is 1.32 bits per heavy atom. The molecule has 2 N–H and O–H groups in total. The molecule has 0 aliphatic heterocycles. The molecule has 19 heavy (non-hydrogen) atoms. The van der Waals surface area contributed by atoms with Gasteiger partial charge in [-0.15, -0.1) is 11.3 Å². The Hall–Kier alpha value is -1.37. The number of nitrogens with one attached hydrogen (secondary N) is 1. The lowest BCUT2D eigenvalue weighted by molar-refractivity contribution is 0.0698. The second kappa shape index (κ2) is 5.73. The predicted molar refractivity (Wildman–Crippen MR) is 78.4 cm³/mol. The van der Waals surface area contributed by atoms with Gasteiger partial charge in [0.25, 0.3) is 5.91 Å². The van der Waals surface area contributed by atoms with Crippen molar-refractivity contribution in [3.05, 3.63) is 50.3 Å². The zero-order valence-corrected chi connectivity index (χ0v) is 12.5. The van der Waals surface area contributed by atoms with Gasteiger partial charge in [-0.2, -0.15) is 0 Å². The number of amides is 1. The maximum Gasteiger partial charge on any atom is 0.338 e. The standard InChI is InChI=1S/C12H7BrClNO3S/c13-7-3-6(4-8(14)5-7)10(16)15-11-9(12(17)18)1-2-19-11/h1-5H,(H,15,16)(H,17,18). The van der Waals surface area contributed by atoms with Crippen molar-refractivity contribution in [3.8, 4) is 0 Å². The Labute approximate surface area is 126 Å². The summed E-state index contributed by atoms with van der Waals surface area (Å²) in [6.45, 7) is 0. The van der Waals surface area contributed by atoms with Crippen molar-refractivity contribution in [2.75, 3.05) is 5.32 Å². The average Bonchev–Trinajstić information content (AvgIpc) is 2.75. The van der Waals surface area contributed by atoms with Crippen LogP contribution in [0.3, 0.4) is 0 Å². The van der Waals surface area contributed by atoms with E-state index in [2.05, 4.69) is 21.2 Å². The zero-order chi connectivity index (χ0) is 14.0. The highest BCUT2D eigenvalue weighted by molar-refractivity contribution is 9.10. The molecule has 0 unspecified atom stereocenters. The third-order valence-electron chi connectivity index (χ3n) is 2.25. The Balaban J connectivity index is 2.25. The van der Waals surface area contributed by atoms with Crippen molar-refractivity contribution in [3.63, 3.8) is 0 Å².